The molecule has 1 aromatic heterocycles. The predicted molar refractivity (Wildman–Crippen MR) is 93.0 cm³/mol. The van der Waals surface area contributed by atoms with E-state index in [0.29, 0.717) is 22.7 Å². The standard InChI is InChI=1S/C19H20N2O4/c1-12(19(23)24)13-5-7-15(8-6-13)21-18(22)14-9-10-20-17(11-14)25-16-3-2-4-16/h5-12,16H,2-4H2,1H3,(H,21,22)(H,23,24). The van der Waals surface area contributed by atoms with Gasteiger partial charge in [-0.1, -0.05) is 12.1 Å². The minimum atomic E-state index is -0.882. The van der Waals surface area contributed by atoms with Gasteiger partial charge < -0.3 is 15.2 Å². The number of carbonyl (C=O) groups excluding carboxylic acids is 1. The van der Waals surface area contributed by atoms with E-state index < -0.39 is 11.9 Å². The molecule has 1 aliphatic rings. The molecule has 1 fully saturated rings. The van der Waals surface area contributed by atoms with Crippen molar-refractivity contribution in [2.75, 3.05) is 5.32 Å². The smallest absolute Gasteiger partial charge is 0.310 e. The summed E-state index contributed by atoms with van der Waals surface area (Å²) >= 11 is 0. The molecule has 0 bridgehead atoms. The molecule has 1 unspecified atom stereocenters. The lowest BCUT2D eigenvalue weighted by molar-refractivity contribution is -0.138. The van der Waals surface area contributed by atoms with Gasteiger partial charge in [-0.25, -0.2) is 4.98 Å². The van der Waals surface area contributed by atoms with Crippen LogP contribution in [0.1, 0.15) is 48.0 Å². The molecule has 6 nitrogen and oxygen atoms in total. The second-order valence-corrected chi connectivity index (χ2v) is 6.19. The SMILES string of the molecule is CC(C(=O)O)c1ccc(NC(=O)c2ccnc(OC3CCC3)c2)cc1. The lowest BCUT2D eigenvalue weighted by Crippen LogP contribution is -2.25. The van der Waals surface area contributed by atoms with Crippen molar-refractivity contribution in [3.8, 4) is 5.88 Å². The molecule has 0 spiro atoms. The van der Waals surface area contributed by atoms with E-state index in [4.69, 9.17) is 9.84 Å². The van der Waals surface area contributed by atoms with Crippen molar-refractivity contribution >= 4 is 17.6 Å². The molecular weight excluding hydrogens is 320 g/mol. The molecule has 1 amide bonds. The van der Waals surface area contributed by atoms with Crippen molar-refractivity contribution in [2.24, 2.45) is 0 Å². The average molecular weight is 340 g/mol. The van der Waals surface area contributed by atoms with E-state index in [1.807, 2.05) is 0 Å². The highest BCUT2D eigenvalue weighted by atomic mass is 16.5. The van der Waals surface area contributed by atoms with Crippen LogP contribution in [0.25, 0.3) is 0 Å². The number of aromatic nitrogens is 1. The Bertz CT molecular complexity index is 769. The number of pyridine rings is 1. The number of carbonyl (C=O) groups is 2. The predicted octanol–water partition coefficient (Wildman–Crippen LogP) is 3.45. The Balaban J connectivity index is 1.65. The van der Waals surface area contributed by atoms with Gasteiger partial charge in [-0.2, -0.15) is 0 Å². The van der Waals surface area contributed by atoms with Gasteiger partial charge in [0.15, 0.2) is 0 Å². The number of carboxylic acid groups (broad SMARTS) is 1. The third-order valence-electron chi connectivity index (χ3n) is 4.38. The first kappa shape index (κ1) is 17.0. The number of rotatable bonds is 6. The summed E-state index contributed by atoms with van der Waals surface area (Å²) in [5.41, 5.74) is 1.75. The fourth-order valence-corrected chi connectivity index (χ4v) is 2.48. The van der Waals surface area contributed by atoms with Crippen molar-refractivity contribution in [2.45, 2.75) is 38.2 Å². The number of hydrogen-bond donors (Lipinski definition) is 2. The summed E-state index contributed by atoms with van der Waals surface area (Å²) in [6.07, 6.45) is 4.98. The third kappa shape index (κ3) is 4.15. The molecule has 0 aliphatic heterocycles. The summed E-state index contributed by atoms with van der Waals surface area (Å²) in [6.45, 7) is 1.62. The van der Waals surface area contributed by atoms with Crippen LogP contribution in [0.15, 0.2) is 42.6 Å². The number of nitrogens with zero attached hydrogens (tertiary/aromatic N) is 1. The van der Waals surface area contributed by atoms with Gasteiger partial charge in [0.1, 0.15) is 6.10 Å². The van der Waals surface area contributed by atoms with Crippen molar-refractivity contribution in [3.05, 3.63) is 53.7 Å². The monoisotopic (exact) mass is 340 g/mol. The first-order valence-electron chi connectivity index (χ1n) is 8.30. The number of carboxylic acids is 1. The molecule has 6 heteroatoms. The Morgan fingerprint density at radius 1 is 1.24 bits per heavy atom. The maximum Gasteiger partial charge on any atom is 0.310 e. The highest BCUT2D eigenvalue weighted by molar-refractivity contribution is 6.04. The maximum absolute atomic E-state index is 12.4. The highest BCUT2D eigenvalue weighted by Gasteiger charge is 2.20. The van der Waals surface area contributed by atoms with E-state index in [1.165, 1.54) is 6.42 Å². The van der Waals surface area contributed by atoms with Crippen LogP contribution in [-0.4, -0.2) is 28.1 Å². The summed E-state index contributed by atoms with van der Waals surface area (Å²) in [4.78, 5) is 27.5. The molecule has 0 saturated heterocycles. The van der Waals surface area contributed by atoms with E-state index in [0.717, 1.165) is 12.8 Å². The van der Waals surface area contributed by atoms with E-state index >= 15 is 0 Å². The highest BCUT2D eigenvalue weighted by Crippen LogP contribution is 2.24. The Morgan fingerprint density at radius 2 is 1.96 bits per heavy atom. The molecule has 1 aliphatic carbocycles. The number of anilines is 1. The fourth-order valence-electron chi connectivity index (χ4n) is 2.48. The topological polar surface area (TPSA) is 88.5 Å². The molecule has 1 saturated carbocycles. The van der Waals surface area contributed by atoms with E-state index in [1.54, 1.807) is 49.5 Å². The Labute approximate surface area is 145 Å². The summed E-state index contributed by atoms with van der Waals surface area (Å²) in [7, 11) is 0. The molecule has 1 heterocycles. The van der Waals surface area contributed by atoms with Crippen LogP contribution in [0.5, 0.6) is 5.88 Å². The number of nitrogens with one attached hydrogen (secondary N) is 1. The summed E-state index contributed by atoms with van der Waals surface area (Å²) in [5, 5.41) is 11.8. The van der Waals surface area contributed by atoms with Gasteiger partial charge in [0.05, 0.1) is 5.92 Å². The van der Waals surface area contributed by atoms with E-state index in [2.05, 4.69) is 10.3 Å². The second kappa shape index (κ2) is 7.34. The van der Waals surface area contributed by atoms with Gasteiger partial charge in [0, 0.05) is 23.5 Å². The molecule has 3 rings (SSSR count). The lowest BCUT2D eigenvalue weighted by Gasteiger charge is -2.25. The number of aliphatic carboxylic acids is 1. The summed E-state index contributed by atoms with van der Waals surface area (Å²) in [5.74, 6) is -1.27. The zero-order valence-corrected chi connectivity index (χ0v) is 13.9. The van der Waals surface area contributed by atoms with Crippen molar-refractivity contribution in [1.29, 1.82) is 0 Å². The number of benzene rings is 1. The third-order valence-corrected chi connectivity index (χ3v) is 4.38. The largest absolute Gasteiger partial charge is 0.481 e. The van der Waals surface area contributed by atoms with Gasteiger partial charge in [0.25, 0.3) is 5.91 Å². The molecule has 130 valence electrons. The summed E-state index contributed by atoms with van der Waals surface area (Å²) < 4.78 is 5.71. The molecule has 1 aromatic carbocycles. The fraction of sp³-hybridized carbons (Fsp3) is 0.316. The van der Waals surface area contributed by atoms with Gasteiger partial charge in [-0.3, -0.25) is 9.59 Å². The summed E-state index contributed by atoms with van der Waals surface area (Å²) in [6, 6.07) is 10.1. The Kier molecular flexibility index (Phi) is 4.97. The van der Waals surface area contributed by atoms with Crippen LogP contribution < -0.4 is 10.1 Å². The van der Waals surface area contributed by atoms with Crippen molar-refractivity contribution in [3.63, 3.8) is 0 Å². The quantitative estimate of drug-likeness (QED) is 0.841. The molecule has 25 heavy (non-hydrogen) atoms. The van der Waals surface area contributed by atoms with E-state index in [-0.39, 0.29) is 12.0 Å². The first-order chi connectivity index (χ1) is 12.0. The van der Waals surface area contributed by atoms with Gasteiger partial charge >= 0.3 is 5.97 Å². The van der Waals surface area contributed by atoms with Crippen LogP contribution in [0.2, 0.25) is 0 Å². The lowest BCUT2D eigenvalue weighted by atomic mass is 9.96. The molecular formula is C19H20N2O4. The van der Waals surface area contributed by atoms with Crippen molar-refractivity contribution < 1.29 is 19.4 Å². The van der Waals surface area contributed by atoms with Crippen LogP contribution in [-0.2, 0) is 4.79 Å². The molecule has 0 radical (unpaired) electrons. The van der Waals surface area contributed by atoms with Crippen LogP contribution in [0.3, 0.4) is 0 Å². The van der Waals surface area contributed by atoms with E-state index in [9.17, 15) is 9.59 Å². The maximum atomic E-state index is 12.4. The van der Waals surface area contributed by atoms with Gasteiger partial charge in [-0.05, 0) is 49.9 Å². The minimum Gasteiger partial charge on any atom is -0.481 e. The molecule has 1 atom stereocenters. The van der Waals surface area contributed by atoms with Crippen LogP contribution >= 0.6 is 0 Å². The first-order valence-corrected chi connectivity index (χ1v) is 8.30. The van der Waals surface area contributed by atoms with Gasteiger partial charge in [0.2, 0.25) is 5.88 Å². The van der Waals surface area contributed by atoms with Crippen LogP contribution in [0.4, 0.5) is 5.69 Å². The van der Waals surface area contributed by atoms with Crippen molar-refractivity contribution in [1.82, 2.24) is 4.98 Å². The van der Waals surface area contributed by atoms with Crippen LogP contribution in [0, 0.1) is 0 Å². The zero-order valence-electron chi connectivity index (χ0n) is 13.9. The average Bonchev–Trinajstić information content (AvgIpc) is 2.58. The Morgan fingerprint density at radius 3 is 2.56 bits per heavy atom. The zero-order chi connectivity index (χ0) is 17.8. The molecule has 2 N–H and O–H groups in total. The minimum absolute atomic E-state index is 0.203. The Hall–Kier alpha value is -2.89. The number of hydrogen-bond acceptors (Lipinski definition) is 4. The van der Waals surface area contributed by atoms with Gasteiger partial charge in [-0.15, -0.1) is 0 Å². The number of ether oxygens (including phenoxy) is 1. The molecule has 2 aromatic rings. The second-order valence-electron chi connectivity index (χ2n) is 6.19. The normalized spacial score (nSPS) is 15.1. The number of amides is 1.